The van der Waals surface area contributed by atoms with Crippen molar-refractivity contribution < 1.29 is 0 Å². The minimum atomic E-state index is 0.543. The van der Waals surface area contributed by atoms with Crippen molar-refractivity contribution in [2.45, 2.75) is 11.8 Å². The molecule has 1 unspecified atom stereocenters. The molecule has 2 N–H and O–H groups in total. The predicted octanol–water partition coefficient (Wildman–Crippen LogP) is 3.03. The van der Waals surface area contributed by atoms with Gasteiger partial charge < -0.3 is 5.73 Å². The van der Waals surface area contributed by atoms with E-state index in [0.29, 0.717) is 5.92 Å². The van der Waals surface area contributed by atoms with Gasteiger partial charge in [0.25, 0.3) is 0 Å². The molecule has 0 spiro atoms. The van der Waals surface area contributed by atoms with Gasteiger partial charge in [-0.15, -0.1) is 11.8 Å². The smallest absolute Gasteiger partial charge is 0.0541 e. The summed E-state index contributed by atoms with van der Waals surface area (Å²) >= 11 is 7.77. The Labute approximate surface area is 88.7 Å². The number of nitrogens with two attached hydrogens (primary N) is 1. The summed E-state index contributed by atoms with van der Waals surface area (Å²) < 4.78 is 0. The van der Waals surface area contributed by atoms with Crippen LogP contribution in [0.15, 0.2) is 29.2 Å². The van der Waals surface area contributed by atoms with Crippen LogP contribution < -0.4 is 5.73 Å². The molecule has 1 atom stereocenters. The first-order valence-electron chi connectivity index (χ1n) is 4.31. The second-order valence-corrected chi connectivity index (χ2v) is 4.55. The first-order valence-corrected chi connectivity index (χ1v) is 5.67. The molecule has 0 fully saturated rings. The third kappa shape index (κ3) is 3.59. The fraction of sp³-hybridized carbons (Fsp3) is 0.400. The second-order valence-electron chi connectivity index (χ2n) is 3.08. The van der Waals surface area contributed by atoms with Crippen LogP contribution in [0.3, 0.4) is 0 Å². The zero-order valence-electron chi connectivity index (χ0n) is 7.66. The van der Waals surface area contributed by atoms with Crippen molar-refractivity contribution in [3.05, 3.63) is 29.3 Å². The van der Waals surface area contributed by atoms with E-state index in [1.807, 2.05) is 24.3 Å². The van der Waals surface area contributed by atoms with Gasteiger partial charge in [-0.2, -0.15) is 0 Å². The summed E-state index contributed by atoms with van der Waals surface area (Å²) in [6.45, 7) is 2.88. The predicted molar refractivity (Wildman–Crippen MR) is 60.4 cm³/mol. The molecule has 3 heteroatoms. The molecule has 0 heterocycles. The fourth-order valence-electron chi connectivity index (χ4n) is 0.862. The lowest BCUT2D eigenvalue weighted by molar-refractivity contribution is 0.675. The van der Waals surface area contributed by atoms with Crippen molar-refractivity contribution in [1.29, 1.82) is 0 Å². The van der Waals surface area contributed by atoms with Gasteiger partial charge in [0.15, 0.2) is 0 Å². The van der Waals surface area contributed by atoms with Gasteiger partial charge in [-0.05, 0) is 24.6 Å². The van der Waals surface area contributed by atoms with Crippen LogP contribution in [0.5, 0.6) is 0 Å². The molecule has 1 aromatic carbocycles. The Morgan fingerprint density at radius 1 is 1.46 bits per heavy atom. The van der Waals surface area contributed by atoms with E-state index in [0.717, 1.165) is 22.2 Å². The highest BCUT2D eigenvalue weighted by molar-refractivity contribution is 7.99. The van der Waals surface area contributed by atoms with E-state index in [-0.39, 0.29) is 0 Å². The summed E-state index contributed by atoms with van der Waals surface area (Å²) in [6.07, 6.45) is 0. The van der Waals surface area contributed by atoms with Gasteiger partial charge in [0.05, 0.1) is 5.02 Å². The molecule has 0 aliphatic rings. The zero-order chi connectivity index (χ0) is 9.68. The van der Waals surface area contributed by atoms with Crippen LogP contribution in [-0.4, -0.2) is 12.3 Å². The highest BCUT2D eigenvalue weighted by Gasteiger charge is 2.03. The van der Waals surface area contributed by atoms with E-state index >= 15 is 0 Å². The number of halogens is 1. The third-order valence-corrected chi connectivity index (χ3v) is 3.61. The quantitative estimate of drug-likeness (QED) is 0.782. The fourth-order valence-corrected chi connectivity index (χ4v) is 2.14. The summed E-state index contributed by atoms with van der Waals surface area (Å²) in [4.78, 5) is 1.14. The van der Waals surface area contributed by atoms with Gasteiger partial charge in [-0.25, -0.2) is 0 Å². The average Bonchev–Trinajstić information content (AvgIpc) is 2.16. The molecule has 0 saturated carbocycles. The van der Waals surface area contributed by atoms with Crippen molar-refractivity contribution in [2.75, 3.05) is 12.3 Å². The lowest BCUT2D eigenvalue weighted by Gasteiger charge is -2.08. The van der Waals surface area contributed by atoms with E-state index in [2.05, 4.69) is 6.92 Å². The van der Waals surface area contributed by atoms with E-state index in [1.165, 1.54) is 0 Å². The maximum Gasteiger partial charge on any atom is 0.0541 e. The highest BCUT2D eigenvalue weighted by atomic mass is 35.5. The molecule has 1 aromatic rings. The van der Waals surface area contributed by atoms with Gasteiger partial charge in [-0.3, -0.25) is 0 Å². The first-order chi connectivity index (χ1) is 6.24. The average molecular weight is 216 g/mol. The van der Waals surface area contributed by atoms with Gasteiger partial charge in [0, 0.05) is 10.6 Å². The number of rotatable bonds is 4. The Kier molecular flexibility index (Phi) is 4.64. The van der Waals surface area contributed by atoms with Crippen LogP contribution in [0.1, 0.15) is 6.92 Å². The molecular formula is C10H14ClNS. The van der Waals surface area contributed by atoms with Crippen LogP contribution in [0.25, 0.3) is 0 Å². The van der Waals surface area contributed by atoms with Crippen molar-refractivity contribution in [3.63, 3.8) is 0 Å². The van der Waals surface area contributed by atoms with E-state index < -0.39 is 0 Å². The Morgan fingerprint density at radius 3 is 2.77 bits per heavy atom. The monoisotopic (exact) mass is 215 g/mol. The summed E-state index contributed by atoms with van der Waals surface area (Å²) in [7, 11) is 0. The summed E-state index contributed by atoms with van der Waals surface area (Å²) in [5, 5.41) is 0.830. The largest absolute Gasteiger partial charge is 0.330 e. The first kappa shape index (κ1) is 10.9. The molecular weight excluding hydrogens is 202 g/mol. The second kappa shape index (κ2) is 5.53. The number of hydrogen-bond acceptors (Lipinski definition) is 2. The normalized spacial score (nSPS) is 12.8. The minimum Gasteiger partial charge on any atom is -0.330 e. The standard InChI is InChI=1S/C10H14ClNS/c1-8(6-12)7-13-10-5-3-2-4-9(10)11/h2-5,8H,6-7,12H2,1H3. The van der Waals surface area contributed by atoms with Crippen molar-refractivity contribution in [1.82, 2.24) is 0 Å². The van der Waals surface area contributed by atoms with Gasteiger partial charge in [0.2, 0.25) is 0 Å². The molecule has 0 radical (unpaired) electrons. The van der Waals surface area contributed by atoms with Crippen LogP contribution in [-0.2, 0) is 0 Å². The Hall–Kier alpha value is -0.180. The Balaban J connectivity index is 2.50. The van der Waals surface area contributed by atoms with Crippen LogP contribution in [0, 0.1) is 5.92 Å². The lowest BCUT2D eigenvalue weighted by Crippen LogP contribution is -2.12. The van der Waals surface area contributed by atoms with E-state index in [1.54, 1.807) is 11.8 Å². The minimum absolute atomic E-state index is 0.543. The van der Waals surface area contributed by atoms with Gasteiger partial charge in [-0.1, -0.05) is 30.7 Å². The molecule has 0 aliphatic heterocycles. The van der Waals surface area contributed by atoms with Crippen molar-refractivity contribution in [2.24, 2.45) is 11.7 Å². The summed E-state index contributed by atoms with van der Waals surface area (Å²) in [5.74, 6) is 1.57. The lowest BCUT2D eigenvalue weighted by atomic mass is 10.2. The number of thioether (sulfide) groups is 1. The van der Waals surface area contributed by atoms with Gasteiger partial charge >= 0.3 is 0 Å². The maximum atomic E-state index is 6.00. The molecule has 13 heavy (non-hydrogen) atoms. The summed E-state index contributed by atoms with van der Waals surface area (Å²) in [6, 6.07) is 7.90. The number of hydrogen-bond donors (Lipinski definition) is 1. The zero-order valence-corrected chi connectivity index (χ0v) is 9.24. The van der Waals surface area contributed by atoms with Crippen LogP contribution >= 0.6 is 23.4 Å². The molecule has 0 saturated heterocycles. The highest BCUT2D eigenvalue weighted by Crippen LogP contribution is 2.27. The molecule has 0 aromatic heterocycles. The molecule has 1 nitrogen and oxygen atoms in total. The number of benzene rings is 1. The van der Waals surface area contributed by atoms with Crippen LogP contribution in [0.4, 0.5) is 0 Å². The molecule has 1 rings (SSSR count). The van der Waals surface area contributed by atoms with E-state index in [4.69, 9.17) is 17.3 Å². The van der Waals surface area contributed by atoms with Crippen LogP contribution in [0.2, 0.25) is 5.02 Å². The topological polar surface area (TPSA) is 26.0 Å². The molecule has 0 amide bonds. The van der Waals surface area contributed by atoms with Gasteiger partial charge in [0.1, 0.15) is 0 Å². The summed E-state index contributed by atoms with van der Waals surface area (Å²) in [5.41, 5.74) is 5.53. The van der Waals surface area contributed by atoms with Crippen molar-refractivity contribution in [3.8, 4) is 0 Å². The van der Waals surface area contributed by atoms with Crippen molar-refractivity contribution >= 4 is 23.4 Å². The SMILES string of the molecule is CC(CN)CSc1ccccc1Cl. The molecule has 0 aliphatic carbocycles. The van der Waals surface area contributed by atoms with E-state index in [9.17, 15) is 0 Å². The Morgan fingerprint density at radius 2 is 2.15 bits per heavy atom. The molecule has 0 bridgehead atoms. The molecule has 72 valence electrons. The maximum absolute atomic E-state index is 6.00. The Bertz CT molecular complexity index is 265. The third-order valence-electron chi connectivity index (χ3n) is 1.76.